The molecule has 37 heavy (non-hydrogen) atoms. The number of aromatic nitrogens is 1. The third-order valence-electron chi connectivity index (χ3n) is 6.34. The Kier molecular flexibility index (Phi) is 8.67. The van der Waals surface area contributed by atoms with Crippen LogP contribution in [0.3, 0.4) is 0 Å². The number of carboxylic acids is 1. The fourth-order valence-corrected chi connectivity index (χ4v) is 4.68. The van der Waals surface area contributed by atoms with E-state index in [9.17, 15) is 9.90 Å². The summed E-state index contributed by atoms with van der Waals surface area (Å²) in [5, 5.41) is 20.8. The van der Waals surface area contributed by atoms with Crippen LogP contribution in [0.1, 0.15) is 30.7 Å². The molecule has 3 aromatic carbocycles. The summed E-state index contributed by atoms with van der Waals surface area (Å²) in [5.41, 5.74) is 2.91. The number of hydrogen-bond donors (Lipinski definition) is 2. The molecule has 0 saturated heterocycles. The molecule has 0 spiro atoms. The van der Waals surface area contributed by atoms with Gasteiger partial charge in [0, 0.05) is 52.7 Å². The Morgan fingerprint density at radius 1 is 0.973 bits per heavy atom. The Hall–Kier alpha value is -3.16. The van der Waals surface area contributed by atoms with Crippen LogP contribution in [-0.4, -0.2) is 62.9 Å². The van der Waals surface area contributed by atoms with Crippen molar-refractivity contribution in [2.24, 2.45) is 0 Å². The van der Waals surface area contributed by atoms with E-state index < -0.39 is 18.2 Å². The van der Waals surface area contributed by atoms with Gasteiger partial charge in [-0.25, -0.2) is 9.78 Å². The minimum atomic E-state index is -1.18. The molecule has 0 saturated carbocycles. The van der Waals surface area contributed by atoms with E-state index in [1.165, 1.54) is 0 Å². The van der Waals surface area contributed by atoms with E-state index in [-0.39, 0.29) is 29.6 Å². The van der Waals surface area contributed by atoms with Crippen LogP contribution >= 0.6 is 0 Å². The number of ether oxygens (including phenoxy) is 1. The second kappa shape index (κ2) is 11.9. The second-order valence-corrected chi connectivity index (χ2v) is 8.98. The molecular weight excluding hydrogens is 477 g/mol. The smallest absolute Gasteiger partial charge is 0.341 e. The van der Waals surface area contributed by atoms with Crippen molar-refractivity contribution in [1.82, 2.24) is 4.98 Å². The fourth-order valence-electron chi connectivity index (χ4n) is 4.68. The molecule has 6 nitrogen and oxygen atoms in total. The van der Waals surface area contributed by atoms with Crippen molar-refractivity contribution in [1.29, 1.82) is 0 Å². The zero-order valence-electron chi connectivity index (χ0n) is 20.8. The summed E-state index contributed by atoms with van der Waals surface area (Å²) >= 11 is 0. The number of oxazole rings is 1. The van der Waals surface area contributed by atoms with Crippen molar-refractivity contribution in [2.75, 3.05) is 6.61 Å². The molecule has 0 fully saturated rings. The molecule has 2 N–H and O–H groups in total. The third-order valence-corrected chi connectivity index (χ3v) is 6.34. The molecule has 7 heteroatoms. The molecule has 1 unspecified atom stereocenters. The molecule has 1 aromatic heterocycles. The van der Waals surface area contributed by atoms with Crippen LogP contribution in [0.4, 0.5) is 0 Å². The van der Waals surface area contributed by atoms with Crippen molar-refractivity contribution in [3.63, 3.8) is 0 Å². The summed E-state index contributed by atoms with van der Waals surface area (Å²) < 4.78 is 11.7. The van der Waals surface area contributed by atoms with Gasteiger partial charge >= 0.3 is 5.97 Å². The summed E-state index contributed by atoms with van der Waals surface area (Å²) in [5.74, 6) is 0.487. The normalized spacial score (nSPS) is 16.9. The quantitative estimate of drug-likeness (QED) is 0.302. The molecule has 0 bridgehead atoms. The summed E-state index contributed by atoms with van der Waals surface area (Å²) in [6.45, 7) is -0.417. The van der Waals surface area contributed by atoms with Gasteiger partial charge in [-0.2, -0.15) is 0 Å². The van der Waals surface area contributed by atoms with E-state index in [1.807, 2.05) is 72.8 Å². The van der Waals surface area contributed by atoms with Crippen LogP contribution in [-0.2, 0) is 11.2 Å². The van der Waals surface area contributed by atoms with Crippen molar-refractivity contribution in [2.45, 2.75) is 31.3 Å². The Morgan fingerprint density at radius 3 is 2.38 bits per heavy atom. The van der Waals surface area contributed by atoms with Crippen LogP contribution < -0.4 is 4.74 Å². The summed E-state index contributed by atoms with van der Waals surface area (Å²) in [4.78, 5) is 15.8. The van der Waals surface area contributed by atoms with Crippen LogP contribution in [0.5, 0.6) is 5.75 Å². The molecule has 5 rings (SSSR count). The van der Waals surface area contributed by atoms with E-state index in [0.29, 0.717) is 35.8 Å². The Morgan fingerprint density at radius 2 is 1.68 bits per heavy atom. The number of carboxylic acid groups (broad SMARTS) is 1. The first-order chi connectivity index (χ1) is 17.5. The van der Waals surface area contributed by atoms with E-state index >= 15 is 0 Å². The van der Waals surface area contributed by atoms with E-state index in [2.05, 4.69) is 0 Å². The van der Waals surface area contributed by atoms with Gasteiger partial charge in [-0.3, -0.25) is 0 Å². The van der Waals surface area contributed by atoms with Gasteiger partial charge in [-0.05, 0) is 37.0 Å². The zero-order chi connectivity index (χ0) is 25.0. The number of aliphatic hydroxyl groups is 1. The average molecular weight is 505 g/mol. The van der Waals surface area contributed by atoms with E-state index in [4.69, 9.17) is 19.2 Å². The van der Waals surface area contributed by atoms with Crippen LogP contribution in [0, 0.1) is 0 Å². The standard InChI is InChI=1S/C30H27NO5.Na/c32-26(33)20-35-24-15-9-10-21(18-24)19-30(34)17-8-7-16-25(30)29-31-27(22-11-3-1-4-12-22)28(36-29)23-13-5-2-6-14-23;/h1-6,9-16,18,34H,7-8,17,19-20H2,(H,32,33);. The molecule has 1 aliphatic rings. The van der Waals surface area contributed by atoms with Crippen molar-refractivity contribution >= 4 is 41.1 Å². The predicted molar refractivity (Wildman–Crippen MR) is 143 cm³/mol. The molecule has 1 radical (unpaired) electrons. The maximum Gasteiger partial charge on any atom is 0.341 e. The third kappa shape index (κ3) is 6.22. The number of carbonyl (C=O) groups is 1. The van der Waals surface area contributed by atoms with Gasteiger partial charge < -0.3 is 19.4 Å². The van der Waals surface area contributed by atoms with Gasteiger partial charge in [-0.1, -0.05) is 78.9 Å². The van der Waals surface area contributed by atoms with Gasteiger partial charge in [-0.15, -0.1) is 0 Å². The molecule has 1 atom stereocenters. The number of hydrogen-bond acceptors (Lipinski definition) is 5. The Bertz CT molecular complexity index is 1330. The maximum absolute atomic E-state index is 11.9. The average Bonchev–Trinajstić information content (AvgIpc) is 3.34. The van der Waals surface area contributed by atoms with Crippen LogP contribution in [0.25, 0.3) is 28.2 Å². The first-order valence-electron chi connectivity index (χ1n) is 12.0. The van der Waals surface area contributed by atoms with E-state index in [1.54, 1.807) is 18.2 Å². The Labute approximate surface area is 237 Å². The first kappa shape index (κ1) is 26.9. The van der Waals surface area contributed by atoms with Crippen LogP contribution in [0.2, 0.25) is 0 Å². The summed E-state index contributed by atoms with van der Waals surface area (Å²) in [7, 11) is 0. The molecule has 183 valence electrons. The largest absolute Gasteiger partial charge is 0.482 e. The Balaban J connectivity index is 0.00000320. The molecule has 1 aliphatic carbocycles. The van der Waals surface area contributed by atoms with Gasteiger partial charge in [0.2, 0.25) is 5.89 Å². The molecule has 1 heterocycles. The summed E-state index contributed by atoms with van der Waals surface area (Å²) in [6, 6.07) is 26.9. The first-order valence-corrected chi connectivity index (χ1v) is 12.0. The SMILES string of the molecule is O=C(O)COc1cccc(CC2(O)CCCC=C2c2nc(-c3ccccc3)c(-c3ccccc3)o2)c1.[Na]. The van der Waals surface area contributed by atoms with Crippen molar-refractivity contribution in [3.8, 4) is 28.3 Å². The maximum atomic E-state index is 11.9. The van der Waals surface area contributed by atoms with Gasteiger partial charge in [0.1, 0.15) is 11.4 Å². The minimum Gasteiger partial charge on any atom is -0.482 e. The topological polar surface area (TPSA) is 92.8 Å². The monoisotopic (exact) mass is 504 g/mol. The number of aliphatic carboxylic acids is 1. The van der Waals surface area contributed by atoms with Crippen molar-refractivity contribution < 1.29 is 24.2 Å². The van der Waals surface area contributed by atoms with Crippen molar-refractivity contribution in [3.05, 3.63) is 102 Å². The number of benzene rings is 3. The fraction of sp³-hybridized carbons (Fsp3) is 0.200. The van der Waals surface area contributed by atoms with Crippen LogP contribution in [0.15, 0.2) is 95.4 Å². The molecule has 0 aliphatic heterocycles. The van der Waals surface area contributed by atoms with Gasteiger partial charge in [0.15, 0.2) is 12.4 Å². The zero-order valence-corrected chi connectivity index (χ0v) is 22.8. The summed E-state index contributed by atoms with van der Waals surface area (Å²) in [6.07, 6.45) is 4.56. The predicted octanol–water partition coefficient (Wildman–Crippen LogP) is 5.63. The molecular formula is C30H27NNaO5. The number of rotatable bonds is 8. The molecule has 4 aromatic rings. The molecule has 0 amide bonds. The van der Waals surface area contributed by atoms with E-state index in [0.717, 1.165) is 35.2 Å². The van der Waals surface area contributed by atoms with Gasteiger partial charge in [0.05, 0.1) is 5.60 Å². The minimum absolute atomic E-state index is 0. The van der Waals surface area contributed by atoms with Gasteiger partial charge in [0.25, 0.3) is 0 Å². The number of allylic oxidation sites excluding steroid dienone is 1. The second-order valence-electron chi connectivity index (χ2n) is 8.98. The number of nitrogens with zero attached hydrogens (tertiary/aromatic N) is 1.